The number of thiophene rings is 1. The van der Waals surface area contributed by atoms with Crippen molar-refractivity contribution in [3.05, 3.63) is 91.4 Å². The molecule has 2 aromatic carbocycles. The van der Waals surface area contributed by atoms with Gasteiger partial charge in [0.15, 0.2) is 0 Å². The first-order chi connectivity index (χ1) is 13.2. The number of fused-ring (bicyclic) bond motifs is 3. The van der Waals surface area contributed by atoms with Crippen LogP contribution < -0.4 is 3.27 Å². The van der Waals surface area contributed by atoms with Crippen LogP contribution in [-0.2, 0) is 27.7 Å². The fourth-order valence-corrected chi connectivity index (χ4v) is 12.8. The smallest absolute Gasteiger partial charge is 0.147 e. The maximum Gasteiger partial charge on any atom is -0.147 e. The zero-order valence-corrected chi connectivity index (χ0v) is 21.5. The van der Waals surface area contributed by atoms with E-state index < -0.39 is 21.3 Å². The Morgan fingerprint density at radius 3 is 2.48 bits per heavy atom. The summed E-state index contributed by atoms with van der Waals surface area (Å²) in [5.74, 6) is 0. The molecule has 1 heterocycles. The first kappa shape index (κ1) is 22.6. The molecular weight excluding hydrogens is 494 g/mol. The minimum absolute atomic E-state index is 0. The second kappa shape index (κ2) is 9.40. The van der Waals surface area contributed by atoms with Crippen molar-refractivity contribution in [2.24, 2.45) is 0 Å². The van der Waals surface area contributed by atoms with Gasteiger partial charge in [-0.25, -0.2) is 0 Å². The van der Waals surface area contributed by atoms with Crippen LogP contribution in [0, 0.1) is 0 Å². The molecule has 0 atom stereocenters. The second-order valence-corrected chi connectivity index (χ2v) is 15.4. The molecule has 0 saturated heterocycles. The zero-order chi connectivity index (χ0) is 18.4. The first-order valence-electron chi connectivity index (χ1n) is 9.54. The number of benzene rings is 2. The number of allylic oxidation sites excluding steroid dienone is 4. The minimum Gasteiger partial charge on any atom is -0.147 e. The first-order valence-corrected chi connectivity index (χ1v) is 14.2. The number of halogens is 2. The van der Waals surface area contributed by atoms with Crippen LogP contribution in [0.2, 0.25) is 0 Å². The molecule has 0 fully saturated rings. The van der Waals surface area contributed by atoms with E-state index in [4.69, 9.17) is 0 Å². The molecule has 0 bridgehead atoms. The van der Waals surface area contributed by atoms with Crippen molar-refractivity contribution in [1.29, 1.82) is 0 Å². The van der Waals surface area contributed by atoms with Gasteiger partial charge in [-0.05, 0) is 0 Å². The van der Waals surface area contributed by atoms with Gasteiger partial charge in [0.25, 0.3) is 0 Å². The largest absolute Gasteiger partial charge is 0.147 e. The summed E-state index contributed by atoms with van der Waals surface area (Å²) in [6.07, 6.45) is 7.00. The average molecular weight is 519 g/mol. The van der Waals surface area contributed by atoms with E-state index in [-0.39, 0.29) is 24.8 Å². The molecule has 3 aromatic rings. The minimum atomic E-state index is -2.08. The van der Waals surface area contributed by atoms with Crippen LogP contribution in [0.15, 0.2) is 74.7 Å². The van der Waals surface area contributed by atoms with E-state index in [1.54, 1.807) is 26.7 Å². The summed E-state index contributed by atoms with van der Waals surface area (Å²) in [4.78, 5) is 0. The molecule has 0 saturated carbocycles. The van der Waals surface area contributed by atoms with Gasteiger partial charge < -0.3 is 0 Å². The summed E-state index contributed by atoms with van der Waals surface area (Å²) < 4.78 is 5.12. The Kier molecular flexibility index (Phi) is 7.33. The third-order valence-electron chi connectivity index (χ3n) is 5.69. The Morgan fingerprint density at radius 1 is 0.931 bits per heavy atom. The van der Waals surface area contributed by atoms with Gasteiger partial charge in [0.2, 0.25) is 0 Å². The molecule has 5 rings (SSSR count). The molecular formula is C25H24Cl2SZr. The normalized spacial score (nSPS) is 13.4. The molecule has 0 aliphatic heterocycles. The maximum absolute atomic E-state index is 2.45. The van der Waals surface area contributed by atoms with E-state index in [0.29, 0.717) is 0 Å². The molecule has 29 heavy (non-hydrogen) atoms. The van der Waals surface area contributed by atoms with Crippen molar-refractivity contribution in [3.63, 3.8) is 0 Å². The summed E-state index contributed by atoms with van der Waals surface area (Å²) >= 11 is -0.282. The Balaban J connectivity index is 0.00000120. The number of rotatable bonds is 3. The molecule has 0 spiro atoms. The standard InChI is InChI=1S/C13H9.C9H7S.C3H6.2ClH.Zr/c1-3-7-12-10(5-1)9-11-6-2-4-8-13(11)12;1-2-4-8(3-1)9-5-6-10-7-9;1-3-2;;;/h1-5,7-8H,9H2;1,3,5-7H,2H2;1-2H3;2*1H;. The SMILES string of the molecule is C[C](C)=[Zr]([C]1=C(c2ccsc2)C=CC1)[c]1cccc2c1Cc1ccccc1-2.Cl.Cl. The molecule has 148 valence electrons. The van der Waals surface area contributed by atoms with Gasteiger partial charge in [-0.1, -0.05) is 0 Å². The van der Waals surface area contributed by atoms with Crippen LogP contribution in [0.1, 0.15) is 37.0 Å². The van der Waals surface area contributed by atoms with Crippen molar-refractivity contribution >= 4 is 48.2 Å². The maximum atomic E-state index is 2.45. The molecule has 1 aromatic heterocycles. The van der Waals surface area contributed by atoms with Gasteiger partial charge in [0.1, 0.15) is 0 Å². The zero-order valence-electron chi connectivity index (χ0n) is 16.6. The van der Waals surface area contributed by atoms with Crippen LogP contribution >= 0.6 is 36.2 Å². The van der Waals surface area contributed by atoms with Gasteiger partial charge >= 0.3 is 174 Å². The summed E-state index contributed by atoms with van der Waals surface area (Å²) in [6.45, 7) is 4.76. The van der Waals surface area contributed by atoms with E-state index >= 15 is 0 Å². The summed E-state index contributed by atoms with van der Waals surface area (Å²) in [6, 6.07) is 18.3. The van der Waals surface area contributed by atoms with E-state index in [2.05, 4.69) is 85.3 Å². The Bertz CT molecular complexity index is 1130. The predicted molar refractivity (Wildman–Crippen MR) is 130 cm³/mol. The third-order valence-corrected chi connectivity index (χ3v) is 13.9. The van der Waals surface area contributed by atoms with Gasteiger partial charge in [-0.2, -0.15) is 0 Å². The van der Waals surface area contributed by atoms with Crippen LogP contribution in [0.4, 0.5) is 0 Å². The van der Waals surface area contributed by atoms with E-state index in [0.717, 1.165) is 12.8 Å². The van der Waals surface area contributed by atoms with Crippen molar-refractivity contribution < 1.29 is 21.3 Å². The summed E-state index contributed by atoms with van der Waals surface area (Å²) in [5, 5.41) is 4.51. The molecule has 0 amide bonds. The molecule has 0 radical (unpaired) electrons. The van der Waals surface area contributed by atoms with Crippen molar-refractivity contribution in [2.75, 3.05) is 0 Å². The summed E-state index contributed by atoms with van der Waals surface area (Å²) in [5.41, 5.74) is 8.96. The summed E-state index contributed by atoms with van der Waals surface area (Å²) in [7, 11) is 0. The fraction of sp³-hybridized carbons (Fsp3) is 0.160. The molecule has 0 unspecified atom stereocenters. The molecule has 2 aliphatic carbocycles. The number of hydrogen-bond acceptors (Lipinski definition) is 1. The fourth-order valence-electron chi connectivity index (χ4n) is 4.56. The average Bonchev–Trinajstić information content (AvgIpc) is 3.41. The van der Waals surface area contributed by atoms with Crippen LogP contribution in [0.3, 0.4) is 0 Å². The Labute approximate surface area is 197 Å². The van der Waals surface area contributed by atoms with Crippen molar-refractivity contribution in [2.45, 2.75) is 26.7 Å². The number of hydrogen-bond donors (Lipinski definition) is 0. The third kappa shape index (κ3) is 3.98. The molecule has 0 N–H and O–H groups in total. The monoisotopic (exact) mass is 516 g/mol. The van der Waals surface area contributed by atoms with E-state index in [1.807, 2.05) is 0 Å². The van der Waals surface area contributed by atoms with Gasteiger partial charge in [0, 0.05) is 0 Å². The van der Waals surface area contributed by atoms with Crippen LogP contribution in [-0.4, -0.2) is 3.21 Å². The quantitative estimate of drug-likeness (QED) is 0.274. The van der Waals surface area contributed by atoms with Gasteiger partial charge in [0.05, 0.1) is 0 Å². The Morgan fingerprint density at radius 2 is 1.72 bits per heavy atom. The van der Waals surface area contributed by atoms with Gasteiger partial charge in [-0.15, -0.1) is 24.8 Å². The predicted octanol–water partition coefficient (Wildman–Crippen LogP) is 6.99. The topological polar surface area (TPSA) is 0 Å². The van der Waals surface area contributed by atoms with Crippen LogP contribution in [0.5, 0.6) is 0 Å². The van der Waals surface area contributed by atoms with Crippen molar-refractivity contribution in [1.82, 2.24) is 0 Å². The molecule has 4 heteroatoms. The van der Waals surface area contributed by atoms with E-state index in [9.17, 15) is 0 Å². The molecule has 2 aliphatic rings. The van der Waals surface area contributed by atoms with Crippen molar-refractivity contribution in [3.8, 4) is 11.1 Å². The van der Waals surface area contributed by atoms with Gasteiger partial charge in [-0.3, -0.25) is 0 Å². The Hall–Kier alpha value is -1.05. The van der Waals surface area contributed by atoms with E-state index in [1.165, 1.54) is 27.8 Å². The molecule has 0 nitrogen and oxygen atoms in total. The van der Waals surface area contributed by atoms with Crippen LogP contribution in [0.25, 0.3) is 16.7 Å². The second-order valence-electron chi connectivity index (χ2n) is 7.55.